The van der Waals surface area contributed by atoms with Crippen molar-refractivity contribution in [3.63, 3.8) is 0 Å². The summed E-state index contributed by atoms with van der Waals surface area (Å²) in [6.07, 6.45) is 7.45. The third-order valence-corrected chi connectivity index (χ3v) is 7.24. The van der Waals surface area contributed by atoms with E-state index in [2.05, 4.69) is 12.1 Å². The maximum Gasteiger partial charge on any atom is 0.262 e. The molecular formula is C20H25N3O. The van der Waals surface area contributed by atoms with Gasteiger partial charge in [-0.3, -0.25) is 9.69 Å². The zero-order valence-electron chi connectivity index (χ0n) is 14.2. The number of aliphatic imine (C=N–C) groups is 1. The Balaban J connectivity index is 1.73. The van der Waals surface area contributed by atoms with Crippen LogP contribution in [-0.4, -0.2) is 23.8 Å². The third kappa shape index (κ3) is 1.64. The van der Waals surface area contributed by atoms with Crippen LogP contribution in [0.25, 0.3) is 0 Å². The van der Waals surface area contributed by atoms with Crippen molar-refractivity contribution in [3.8, 4) is 0 Å². The second-order valence-electron chi connectivity index (χ2n) is 8.61. The lowest BCUT2D eigenvalue weighted by Crippen LogP contribution is -2.59. The van der Waals surface area contributed by atoms with Gasteiger partial charge in [-0.25, -0.2) is 4.99 Å². The Labute approximate surface area is 143 Å². The predicted molar refractivity (Wildman–Crippen MR) is 93.1 cm³/mol. The summed E-state index contributed by atoms with van der Waals surface area (Å²) in [6.45, 7) is 0. The van der Waals surface area contributed by atoms with E-state index in [0.717, 1.165) is 42.6 Å². The number of hydrogen-bond acceptors (Lipinski definition) is 3. The largest absolute Gasteiger partial charge is 0.369 e. The first-order chi connectivity index (χ1) is 11.5. The van der Waals surface area contributed by atoms with E-state index in [9.17, 15) is 4.79 Å². The molecule has 1 aliphatic heterocycles. The zero-order valence-corrected chi connectivity index (χ0v) is 14.2. The lowest BCUT2D eigenvalue weighted by atomic mass is 9.43. The number of carbonyl (C=O) groups is 1. The van der Waals surface area contributed by atoms with Gasteiger partial charge in [0.2, 0.25) is 0 Å². The number of benzene rings is 1. The van der Waals surface area contributed by atoms with Crippen molar-refractivity contribution in [1.82, 2.24) is 4.90 Å². The van der Waals surface area contributed by atoms with Gasteiger partial charge < -0.3 is 5.73 Å². The lowest BCUT2D eigenvalue weighted by Gasteiger charge is -2.61. The van der Waals surface area contributed by atoms with Gasteiger partial charge in [0.15, 0.2) is 11.5 Å². The van der Waals surface area contributed by atoms with Gasteiger partial charge in [-0.05, 0) is 61.8 Å². The molecule has 4 heteroatoms. The van der Waals surface area contributed by atoms with E-state index in [1.54, 1.807) is 11.9 Å². The topological polar surface area (TPSA) is 58.7 Å². The molecule has 1 amide bonds. The van der Waals surface area contributed by atoms with Crippen molar-refractivity contribution in [2.75, 3.05) is 7.05 Å². The van der Waals surface area contributed by atoms with Crippen molar-refractivity contribution in [1.29, 1.82) is 0 Å². The molecule has 0 unspecified atom stereocenters. The van der Waals surface area contributed by atoms with Crippen LogP contribution in [0.3, 0.4) is 0 Å². The summed E-state index contributed by atoms with van der Waals surface area (Å²) < 4.78 is 0. The molecule has 4 aliphatic carbocycles. The quantitative estimate of drug-likeness (QED) is 0.910. The first-order valence-electron chi connectivity index (χ1n) is 9.23. The molecule has 0 radical (unpaired) electrons. The highest BCUT2D eigenvalue weighted by molar-refractivity contribution is 6.07. The van der Waals surface area contributed by atoms with Crippen LogP contribution in [0.15, 0.2) is 35.3 Å². The van der Waals surface area contributed by atoms with Crippen LogP contribution in [0.1, 0.15) is 44.1 Å². The van der Waals surface area contributed by atoms with Gasteiger partial charge in [0.25, 0.3) is 5.91 Å². The van der Waals surface area contributed by atoms with Crippen LogP contribution in [0.4, 0.5) is 0 Å². The van der Waals surface area contributed by atoms with Gasteiger partial charge in [0, 0.05) is 12.5 Å². The Morgan fingerprint density at radius 2 is 1.58 bits per heavy atom. The van der Waals surface area contributed by atoms with Crippen LogP contribution in [0.5, 0.6) is 0 Å². The first kappa shape index (κ1) is 14.5. The molecular weight excluding hydrogens is 298 g/mol. The van der Waals surface area contributed by atoms with Gasteiger partial charge in [-0.15, -0.1) is 0 Å². The van der Waals surface area contributed by atoms with Gasteiger partial charge in [0.05, 0.1) is 0 Å². The highest BCUT2D eigenvalue weighted by Crippen LogP contribution is 2.67. The standard InChI is InChI=1S/C20H25N3O/c1-23-17(24)20(22-18(23)21,16-5-3-2-4-6-16)19-10-13-7-14(11-19)9-15(8-13)12-19/h2-6,13-15H,7-12H2,1H3,(H2,21,22)/t13?,14?,15?,19?,20-/m1/s1. The van der Waals surface area contributed by atoms with E-state index >= 15 is 0 Å². The van der Waals surface area contributed by atoms with Gasteiger partial charge in [-0.1, -0.05) is 30.3 Å². The second kappa shape index (κ2) is 4.62. The van der Waals surface area contributed by atoms with Crippen LogP contribution in [-0.2, 0) is 10.3 Å². The number of nitrogens with zero attached hydrogens (tertiary/aromatic N) is 2. The van der Waals surface area contributed by atoms with Crippen molar-refractivity contribution in [3.05, 3.63) is 35.9 Å². The Bertz CT molecular complexity index is 690. The van der Waals surface area contributed by atoms with Crippen LogP contribution in [0.2, 0.25) is 0 Å². The number of rotatable bonds is 2. The molecule has 24 heavy (non-hydrogen) atoms. The summed E-state index contributed by atoms with van der Waals surface area (Å²) in [5.41, 5.74) is 6.34. The molecule has 1 atom stereocenters. The molecule has 1 aromatic rings. The zero-order chi connectivity index (χ0) is 16.5. The molecule has 4 fully saturated rings. The second-order valence-corrected chi connectivity index (χ2v) is 8.61. The number of guanidine groups is 1. The highest BCUT2D eigenvalue weighted by Gasteiger charge is 2.66. The fourth-order valence-corrected chi connectivity index (χ4v) is 6.71. The minimum atomic E-state index is -0.802. The summed E-state index contributed by atoms with van der Waals surface area (Å²) in [5, 5.41) is 0. The van der Waals surface area contributed by atoms with E-state index < -0.39 is 5.54 Å². The number of amides is 1. The van der Waals surface area contributed by atoms with Crippen molar-refractivity contribution < 1.29 is 4.79 Å². The average molecular weight is 323 g/mol. The Hall–Kier alpha value is -1.84. The minimum Gasteiger partial charge on any atom is -0.369 e. The average Bonchev–Trinajstić information content (AvgIpc) is 2.80. The maximum atomic E-state index is 13.5. The fraction of sp³-hybridized carbons (Fsp3) is 0.600. The van der Waals surface area contributed by atoms with Gasteiger partial charge in [0.1, 0.15) is 0 Å². The van der Waals surface area contributed by atoms with Crippen molar-refractivity contribution in [2.45, 2.75) is 44.1 Å². The number of likely N-dealkylation sites (N-methyl/N-ethyl adjacent to an activating group) is 1. The van der Waals surface area contributed by atoms with E-state index in [-0.39, 0.29) is 11.3 Å². The van der Waals surface area contributed by atoms with Gasteiger partial charge in [-0.2, -0.15) is 0 Å². The highest BCUT2D eigenvalue weighted by atomic mass is 16.2. The first-order valence-corrected chi connectivity index (χ1v) is 9.23. The molecule has 0 spiro atoms. The van der Waals surface area contributed by atoms with E-state index in [4.69, 9.17) is 10.7 Å². The number of nitrogens with two attached hydrogens (primary N) is 1. The SMILES string of the molecule is CN1C(=O)[C@](c2ccccc2)(C23CC4CC(CC(C4)C2)C3)N=C1N. The summed E-state index contributed by atoms with van der Waals surface area (Å²) in [7, 11) is 1.77. The summed E-state index contributed by atoms with van der Waals surface area (Å²) in [6, 6.07) is 10.2. The molecule has 1 heterocycles. The Morgan fingerprint density at radius 3 is 2.04 bits per heavy atom. The smallest absolute Gasteiger partial charge is 0.262 e. The summed E-state index contributed by atoms with van der Waals surface area (Å²) in [5.74, 6) is 2.76. The van der Waals surface area contributed by atoms with Crippen LogP contribution < -0.4 is 5.73 Å². The lowest BCUT2D eigenvalue weighted by molar-refractivity contribution is -0.149. The maximum absolute atomic E-state index is 13.5. The monoisotopic (exact) mass is 323 g/mol. The predicted octanol–water partition coefficient (Wildman–Crippen LogP) is 2.89. The van der Waals surface area contributed by atoms with E-state index in [1.165, 1.54) is 19.3 Å². The number of carbonyl (C=O) groups excluding carboxylic acids is 1. The van der Waals surface area contributed by atoms with Crippen LogP contribution >= 0.6 is 0 Å². The van der Waals surface area contributed by atoms with E-state index in [1.807, 2.05) is 18.2 Å². The molecule has 4 bridgehead atoms. The summed E-state index contributed by atoms with van der Waals surface area (Å²) >= 11 is 0. The molecule has 4 saturated carbocycles. The molecule has 2 N–H and O–H groups in total. The van der Waals surface area contributed by atoms with Gasteiger partial charge >= 0.3 is 0 Å². The molecule has 5 aliphatic rings. The minimum absolute atomic E-state index is 0.0461. The Morgan fingerprint density at radius 1 is 1.04 bits per heavy atom. The normalized spacial score (nSPS) is 43.4. The molecule has 0 saturated heterocycles. The van der Waals surface area contributed by atoms with Crippen molar-refractivity contribution >= 4 is 11.9 Å². The molecule has 6 rings (SSSR count). The van der Waals surface area contributed by atoms with E-state index in [0.29, 0.717) is 5.96 Å². The molecule has 0 aromatic heterocycles. The third-order valence-electron chi connectivity index (χ3n) is 7.24. The molecule has 4 nitrogen and oxygen atoms in total. The van der Waals surface area contributed by atoms with Crippen LogP contribution in [0, 0.1) is 23.2 Å². The number of hydrogen-bond donors (Lipinski definition) is 1. The Kier molecular flexibility index (Phi) is 2.79. The molecule has 1 aromatic carbocycles. The van der Waals surface area contributed by atoms with Crippen molar-refractivity contribution in [2.24, 2.45) is 33.9 Å². The molecule has 126 valence electrons. The summed E-state index contributed by atoms with van der Waals surface area (Å²) in [4.78, 5) is 20.0. The fourth-order valence-electron chi connectivity index (χ4n) is 6.71.